The number of alkyl carbamates (subject to hydrolysis) is 1. The van der Waals surface area contributed by atoms with Gasteiger partial charge >= 0.3 is 12.1 Å². The third-order valence-electron chi connectivity index (χ3n) is 6.43. The predicted molar refractivity (Wildman–Crippen MR) is 121 cm³/mol. The summed E-state index contributed by atoms with van der Waals surface area (Å²) in [5.41, 5.74) is 4.44. The Bertz CT molecular complexity index is 1010. The fourth-order valence-corrected chi connectivity index (χ4v) is 4.77. The van der Waals surface area contributed by atoms with Gasteiger partial charge in [-0.15, -0.1) is 0 Å². The molecule has 3 N–H and O–H groups in total. The average Bonchev–Trinajstić information content (AvgIpc) is 3.14. The number of amides is 2. The number of piperidine rings is 1. The smallest absolute Gasteiger partial charge is 0.407 e. The number of carbonyl (C=O) groups is 3. The van der Waals surface area contributed by atoms with E-state index in [1.807, 2.05) is 36.4 Å². The number of aliphatic carboxylic acids is 1. The Hall–Kier alpha value is -3.39. The maximum absolute atomic E-state index is 12.9. The molecule has 0 saturated carbocycles. The number of benzene rings is 2. The van der Waals surface area contributed by atoms with Crippen molar-refractivity contribution in [1.29, 1.82) is 0 Å². The van der Waals surface area contributed by atoms with Crippen LogP contribution in [0.15, 0.2) is 48.5 Å². The van der Waals surface area contributed by atoms with E-state index in [1.54, 1.807) is 6.92 Å². The number of carboxylic acids is 1. The highest BCUT2D eigenvalue weighted by molar-refractivity contribution is 5.86. The molecule has 1 aliphatic heterocycles. The predicted octanol–water partition coefficient (Wildman–Crippen LogP) is 2.60. The van der Waals surface area contributed by atoms with Gasteiger partial charge in [0, 0.05) is 19.0 Å². The summed E-state index contributed by atoms with van der Waals surface area (Å²) >= 11 is 0. The second-order valence-electron chi connectivity index (χ2n) is 8.60. The number of carbonyl (C=O) groups excluding carboxylic acids is 2. The highest BCUT2D eigenvalue weighted by Crippen LogP contribution is 2.44. The molecular formula is C25H28N2O6. The summed E-state index contributed by atoms with van der Waals surface area (Å²) in [6, 6.07) is 15.2. The van der Waals surface area contributed by atoms with E-state index in [4.69, 9.17) is 4.74 Å². The minimum absolute atomic E-state index is 0.00803. The Labute approximate surface area is 192 Å². The van der Waals surface area contributed by atoms with Crippen molar-refractivity contribution in [2.45, 2.75) is 37.8 Å². The van der Waals surface area contributed by atoms with Crippen LogP contribution >= 0.6 is 0 Å². The first-order valence-electron chi connectivity index (χ1n) is 11.2. The monoisotopic (exact) mass is 452 g/mol. The van der Waals surface area contributed by atoms with Crippen molar-refractivity contribution in [2.75, 3.05) is 19.7 Å². The van der Waals surface area contributed by atoms with Crippen LogP contribution in [0.3, 0.4) is 0 Å². The molecule has 1 saturated heterocycles. The third-order valence-corrected chi connectivity index (χ3v) is 6.43. The van der Waals surface area contributed by atoms with Crippen LogP contribution in [0.4, 0.5) is 4.79 Å². The zero-order valence-electron chi connectivity index (χ0n) is 18.4. The highest BCUT2D eigenvalue weighted by Gasteiger charge is 2.36. The van der Waals surface area contributed by atoms with Gasteiger partial charge in [-0.2, -0.15) is 0 Å². The minimum Gasteiger partial charge on any atom is -0.481 e. The molecule has 4 rings (SSSR count). The van der Waals surface area contributed by atoms with E-state index >= 15 is 0 Å². The lowest BCUT2D eigenvalue weighted by molar-refractivity contribution is -0.149. The summed E-state index contributed by atoms with van der Waals surface area (Å²) in [5, 5.41) is 21.9. The molecular weight excluding hydrogens is 424 g/mol. The molecule has 0 bridgehead atoms. The normalized spacial score (nSPS) is 20.5. The number of β-amino-alcohol motifs (C(OH)–C–C–N with tert-alkyl or cyclic N) is 1. The van der Waals surface area contributed by atoms with E-state index in [1.165, 1.54) is 4.90 Å². The molecule has 1 aliphatic carbocycles. The van der Waals surface area contributed by atoms with Crippen LogP contribution in [0.1, 0.15) is 36.8 Å². The van der Waals surface area contributed by atoms with Crippen LogP contribution < -0.4 is 5.32 Å². The second-order valence-corrected chi connectivity index (χ2v) is 8.60. The number of likely N-dealkylation sites (tertiary alicyclic amines) is 1. The van der Waals surface area contributed by atoms with E-state index in [0.717, 1.165) is 22.3 Å². The molecule has 0 radical (unpaired) electrons. The zero-order valence-corrected chi connectivity index (χ0v) is 18.4. The van der Waals surface area contributed by atoms with Gasteiger partial charge in [0.25, 0.3) is 0 Å². The molecule has 0 spiro atoms. The van der Waals surface area contributed by atoms with Gasteiger partial charge in [0.05, 0.1) is 12.0 Å². The molecule has 2 aliphatic rings. The van der Waals surface area contributed by atoms with Crippen LogP contribution in [0.25, 0.3) is 11.1 Å². The molecule has 2 aromatic carbocycles. The molecule has 1 heterocycles. The Kier molecular flexibility index (Phi) is 6.65. The van der Waals surface area contributed by atoms with Gasteiger partial charge in [0.1, 0.15) is 12.6 Å². The molecule has 2 aromatic rings. The Morgan fingerprint density at radius 2 is 1.67 bits per heavy atom. The molecule has 2 unspecified atom stereocenters. The Morgan fingerprint density at radius 1 is 1.06 bits per heavy atom. The lowest BCUT2D eigenvalue weighted by Gasteiger charge is -2.35. The number of carboxylic acid groups (broad SMARTS) is 1. The van der Waals surface area contributed by atoms with Crippen molar-refractivity contribution in [3.63, 3.8) is 0 Å². The van der Waals surface area contributed by atoms with Gasteiger partial charge < -0.3 is 25.2 Å². The van der Waals surface area contributed by atoms with E-state index in [9.17, 15) is 24.6 Å². The summed E-state index contributed by atoms with van der Waals surface area (Å²) in [5.74, 6) is -2.39. The number of ether oxygens (including phenoxy) is 1. The third kappa shape index (κ3) is 4.71. The van der Waals surface area contributed by atoms with Crippen molar-refractivity contribution in [3.8, 4) is 11.1 Å². The van der Waals surface area contributed by atoms with E-state index < -0.39 is 36.0 Å². The number of nitrogens with one attached hydrogen (secondary N) is 1. The Morgan fingerprint density at radius 3 is 2.24 bits per heavy atom. The summed E-state index contributed by atoms with van der Waals surface area (Å²) in [7, 11) is 0. The van der Waals surface area contributed by atoms with Crippen LogP contribution in [0.5, 0.6) is 0 Å². The lowest BCUT2D eigenvalue weighted by atomic mass is 9.95. The molecule has 2 amide bonds. The van der Waals surface area contributed by atoms with Gasteiger partial charge in [0.2, 0.25) is 5.91 Å². The molecule has 3 atom stereocenters. The number of aliphatic hydroxyl groups is 1. The number of rotatable bonds is 6. The first-order chi connectivity index (χ1) is 15.9. The van der Waals surface area contributed by atoms with Crippen molar-refractivity contribution in [1.82, 2.24) is 10.2 Å². The maximum atomic E-state index is 12.9. The van der Waals surface area contributed by atoms with Gasteiger partial charge in [-0.1, -0.05) is 55.5 Å². The van der Waals surface area contributed by atoms with E-state index in [-0.39, 0.29) is 32.0 Å². The maximum Gasteiger partial charge on any atom is 0.407 e. The van der Waals surface area contributed by atoms with Gasteiger partial charge in [-0.3, -0.25) is 9.59 Å². The van der Waals surface area contributed by atoms with E-state index in [0.29, 0.717) is 6.42 Å². The van der Waals surface area contributed by atoms with Crippen LogP contribution in [0.2, 0.25) is 0 Å². The summed E-state index contributed by atoms with van der Waals surface area (Å²) in [6.45, 7) is 1.94. The van der Waals surface area contributed by atoms with Crippen LogP contribution in [0, 0.1) is 5.92 Å². The first kappa shape index (κ1) is 22.8. The largest absolute Gasteiger partial charge is 0.481 e. The summed E-state index contributed by atoms with van der Waals surface area (Å²) in [6.07, 6.45) is -1.19. The first-order valence-corrected chi connectivity index (χ1v) is 11.2. The van der Waals surface area contributed by atoms with Crippen molar-refractivity contribution < 1.29 is 29.3 Å². The lowest BCUT2D eigenvalue weighted by Crippen LogP contribution is -2.54. The number of hydrogen-bond acceptors (Lipinski definition) is 5. The van der Waals surface area contributed by atoms with Gasteiger partial charge in [-0.05, 0) is 35.1 Å². The number of nitrogens with zero attached hydrogens (tertiary/aromatic N) is 1. The summed E-state index contributed by atoms with van der Waals surface area (Å²) in [4.78, 5) is 38.1. The number of fused-ring (bicyclic) bond motifs is 3. The SMILES string of the molecule is CC[C@@H](NC(=O)OCC1c2ccccc2-c2ccccc21)C(=O)N1CC(O)CC(C(=O)O)C1. The standard InChI is InChI=1S/C25H28N2O6/c1-2-22(23(29)27-12-15(24(30)31)11-16(28)13-27)26-25(32)33-14-21-19-9-5-3-7-17(19)18-8-4-6-10-20(18)21/h3-10,15-16,21-22,28H,2,11-14H2,1H3,(H,26,32)(H,30,31)/t15?,16?,22-/m1/s1. The molecule has 8 heteroatoms. The van der Waals surface area contributed by atoms with Crippen molar-refractivity contribution >= 4 is 18.0 Å². The quantitative estimate of drug-likeness (QED) is 0.620. The molecule has 1 fully saturated rings. The number of hydrogen-bond donors (Lipinski definition) is 3. The fraction of sp³-hybridized carbons (Fsp3) is 0.400. The molecule has 33 heavy (non-hydrogen) atoms. The molecule has 174 valence electrons. The molecule has 8 nitrogen and oxygen atoms in total. The number of aliphatic hydroxyl groups excluding tert-OH is 1. The van der Waals surface area contributed by atoms with Crippen LogP contribution in [-0.4, -0.2) is 64.9 Å². The van der Waals surface area contributed by atoms with Crippen molar-refractivity contribution in [2.24, 2.45) is 5.92 Å². The fourth-order valence-electron chi connectivity index (χ4n) is 4.77. The minimum atomic E-state index is -1.05. The van der Waals surface area contributed by atoms with Gasteiger partial charge in [-0.25, -0.2) is 4.79 Å². The summed E-state index contributed by atoms with van der Waals surface area (Å²) < 4.78 is 5.53. The average molecular weight is 453 g/mol. The zero-order chi connectivity index (χ0) is 23.5. The van der Waals surface area contributed by atoms with E-state index in [2.05, 4.69) is 17.4 Å². The highest BCUT2D eigenvalue weighted by atomic mass is 16.5. The second kappa shape index (κ2) is 9.62. The van der Waals surface area contributed by atoms with Gasteiger partial charge in [0.15, 0.2) is 0 Å². The van der Waals surface area contributed by atoms with Crippen molar-refractivity contribution in [3.05, 3.63) is 59.7 Å². The molecule has 0 aromatic heterocycles. The topological polar surface area (TPSA) is 116 Å². The Balaban J connectivity index is 1.39. The van der Waals surface area contributed by atoms with Crippen LogP contribution in [-0.2, 0) is 14.3 Å².